The van der Waals surface area contributed by atoms with Gasteiger partial charge in [-0.05, 0) is 50.6 Å². The van der Waals surface area contributed by atoms with Crippen molar-refractivity contribution >= 4 is 31.3 Å². The van der Waals surface area contributed by atoms with Crippen molar-refractivity contribution in [3.8, 4) is 17.2 Å². The fraction of sp³-hybridized carbons (Fsp3) is 0.423. The number of rotatable bonds is 2. The Morgan fingerprint density at radius 3 is 2.36 bits per heavy atom. The summed E-state index contributed by atoms with van der Waals surface area (Å²) in [6.07, 6.45) is 0.265. The summed E-state index contributed by atoms with van der Waals surface area (Å²) in [5, 5.41) is 44.3. The van der Waals surface area contributed by atoms with Crippen molar-refractivity contribution in [3.05, 3.63) is 45.7 Å². The second-order valence-corrected chi connectivity index (χ2v) is 15.7. The quantitative estimate of drug-likeness (QED) is 0.225. The molecule has 190 valence electrons. The molecule has 9 nitrogen and oxygen atoms in total. The Morgan fingerprint density at radius 2 is 1.81 bits per heavy atom. The molecular formula is C26H30N2O7Si. The van der Waals surface area contributed by atoms with Crippen LogP contribution in [0.25, 0.3) is 5.76 Å². The minimum atomic E-state index is -2.64. The lowest BCUT2D eigenvalue weighted by molar-refractivity contribution is -0.153. The number of hydrogen-bond acceptors (Lipinski definition) is 8. The summed E-state index contributed by atoms with van der Waals surface area (Å²) < 4.78 is 0. The second-order valence-electron chi connectivity index (χ2n) is 10.9. The number of aromatic hydroxyl groups is 1. The molecule has 0 spiro atoms. The molecule has 0 heterocycles. The Morgan fingerprint density at radius 1 is 1.17 bits per heavy atom. The number of aliphatic hydroxyl groups excluding tert-OH is 2. The number of primary amides is 1. The van der Waals surface area contributed by atoms with E-state index in [-0.39, 0.29) is 29.7 Å². The van der Waals surface area contributed by atoms with E-state index in [1.54, 1.807) is 20.2 Å². The lowest BCUT2D eigenvalue weighted by Gasteiger charge is -2.50. The number of ketones is 2. The Kier molecular flexibility index (Phi) is 5.95. The van der Waals surface area contributed by atoms with Crippen molar-refractivity contribution in [2.24, 2.45) is 17.6 Å². The number of hydrogen-bond donors (Lipinski definition) is 5. The van der Waals surface area contributed by atoms with E-state index in [0.717, 1.165) is 0 Å². The third-order valence-electron chi connectivity index (χ3n) is 7.18. The van der Waals surface area contributed by atoms with Gasteiger partial charge in [-0.1, -0.05) is 25.6 Å². The lowest BCUT2D eigenvalue weighted by atomic mass is 9.57. The highest BCUT2D eigenvalue weighted by Crippen LogP contribution is 2.52. The topological polar surface area (TPSA) is 161 Å². The maximum absolute atomic E-state index is 13.8. The molecule has 0 bridgehead atoms. The van der Waals surface area contributed by atoms with Crippen LogP contribution in [0.3, 0.4) is 0 Å². The molecule has 6 N–H and O–H groups in total. The van der Waals surface area contributed by atoms with Crippen LogP contribution in [0.4, 0.5) is 0 Å². The third kappa shape index (κ3) is 3.66. The predicted molar refractivity (Wildman–Crippen MR) is 134 cm³/mol. The number of carbonyl (C=O) groups excluding carboxylic acids is 3. The van der Waals surface area contributed by atoms with Gasteiger partial charge in [0, 0.05) is 17.1 Å². The average molecular weight is 511 g/mol. The maximum Gasteiger partial charge on any atom is 0.255 e. The molecule has 1 saturated carbocycles. The summed E-state index contributed by atoms with van der Waals surface area (Å²) in [4.78, 5) is 40.4. The molecule has 0 saturated heterocycles. The number of phenols is 1. The van der Waals surface area contributed by atoms with Crippen molar-refractivity contribution in [2.75, 3.05) is 14.1 Å². The number of amides is 1. The molecule has 1 aromatic rings. The molecule has 1 fully saturated rings. The van der Waals surface area contributed by atoms with E-state index in [9.17, 15) is 34.8 Å². The third-order valence-corrected chi connectivity index (χ3v) is 8.05. The minimum Gasteiger partial charge on any atom is -0.508 e. The highest BCUT2D eigenvalue weighted by molar-refractivity contribution is 6.83. The molecule has 0 unspecified atom stereocenters. The van der Waals surface area contributed by atoms with Crippen molar-refractivity contribution in [2.45, 2.75) is 44.1 Å². The summed E-state index contributed by atoms with van der Waals surface area (Å²) in [6.45, 7) is 6.26. The summed E-state index contributed by atoms with van der Waals surface area (Å²) in [7, 11) is 1.38. The maximum atomic E-state index is 13.8. The molecular weight excluding hydrogens is 480 g/mol. The smallest absolute Gasteiger partial charge is 0.255 e. The van der Waals surface area contributed by atoms with Crippen LogP contribution in [0.2, 0.25) is 19.6 Å². The zero-order chi connectivity index (χ0) is 26.9. The number of benzene rings is 1. The van der Waals surface area contributed by atoms with Crippen LogP contribution in [0.1, 0.15) is 23.1 Å². The Balaban J connectivity index is 1.96. The Labute approximate surface area is 209 Å². The van der Waals surface area contributed by atoms with Crippen molar-refractivity contribution < 1.29 is 34.8 Å². The van der Waals surface area contributed by atoms with E-state index >= 15 is 0 Å². The fourth-order valence-electron chi connectivity index (χ4n) is 5.62. The molecule has 4 rings (SSSR count). The van der Waals surface area contributed by atoms with Crippen molar-refractivity contribution in [1.82, 2.24) is 4.90 Å². The van der Waals surface area contributed by atoms with Crippen LogP contribution in [-0.2, 0) is 20.8 Å². The number of nitrogens with two attached hydrogens (primary N) is 1. The SMILES string of the molecule is CN(C)[C@@H]1C(=O)C(C(N)=O)=C(O)[C@@]2(O)C(=O)C3=C(O)c4c(O)ccc(C#C[Si](C)(C)C)c4C[C@H]3C[C@@H]12. The minimum absolute atomic E-state index is 0.0440. The van der Waals surface area contributed by atoms with Crippen LogP contribution in [0, 0.1) is 23.3 Å². The predicted octanol–water partition coefficient (Wildman–Crippen LogP) is 1.19. The first kappa shape index (κ1) is 25.7. The van der Waals surface area contributed by atoms with Crippen molar-refractivity contribution in [1.29, 1.82) is 0 Å². The normalized spacial score (nSPS) is 27.8. The molecule has 10 heteroatoms. The second kappa shape index (κ2) is 8.33. The number of aliphatic hydroxyl groups is 3. The number of carbonyl (C=O) groups is 3. The molecule has 4 atom stereocenters. The van der Waals surface area contributed by atoms with Crippen LogP contribution in [-0.4, -0.2) is 76.6 Å². The summed E-state index contributed by atoms with van der Waals surface area (Å²) in [5.41, 5.74) is 6.20. The lowest BCUT2D eigenvalue weighted by Crippen LogP contribution is -2.65. The van der Waals surface area contributed by atoms with Gasteiger partial charge in [0.15, 0.2) is 11.4 Å². The van der Waals surface area contributed by atoms with E-state index in [2.05, 4.69) is 31.1 Å². The molecule has 36 heavy (non-hydrogen) atoms. The van der Waals surface area contributed by atoms with Gasteiger partial charge >= 0.3 is 0 Å². The summed E-state index contributed by atoms with van der Waals surface area (Å²) in [6, 6.07) is 1.94. The molecule has 1 amide bonds. The van der Waals surface area contributed by atoms with Gasteiger partial charge in [-0.15, -0.1) is 5.54 Å². The molecule has 0 radical (unpaired) electrons. The van der Waals surface area contributed by atoms with Gasteiger partial charge in [0.2, 0.25) is 5.78 Å². The van der Waals surface area contributed by atoms with Gasteiger partial charge in [0.25, 0.3) is 5.91 Å². The van der Waals surface area contributed by atoms with Gasteiger partial charge in [0.05, 0.1) is 11.6 Å². The molecule has 1 aromatic carbocycles. The standard InChI is InChI=1S/C26H30N2O7Si/c1-28(2)20-15-11-13-10-14-12(8-9-36(3,4)5)6-7-16(29)18(14)21(30)17(13)23(32)26(15,35)24(33)19(22(20)31)25(27)34/h6-7,13,15,20,29-30,33,35H,10-11H2,1-5H3,(H2,27,34)/t13-,15-,20-,26-/m0/s1. The number of phenolic OH excluding ortho intramolecular Hbond substituents is 1. The van der Waals surface area contributed by atoms with Crippen LogP contribution in [0.15, 0.2) is 29.0 Å². The number of nitrogens with zero attached hydrogens (tertiary/aromatic N) is 1. The number of Topliss-reactive ketones (excluding diaryl/α,β-unsaturated/α-hetero) is 2. The largest absolute Gasteiger partial charge is 0.508 e. The summed E-state index contributed by atoms with van der Waals surface area (Å²) in [5.74, 6) is -3.50. The first-order chi connectivity index (χ1) is 16.6. The van der Waals surface area contributed by atoms with Gasteiger partial charge in [0.1, 0.15) is 30.9 Å². The van der Waals surface area contributed by atoms with Gasteiger partial charge in [-0.3, -0.25) is 19.3 Å². The van der Waals surface area contributed by atoms with Crippen LogP contribution in [0.5, 0.6) is 5.75 Å². The Bertz CT molecular complexity index is 1340. The summed E-state index contributed by atoms with van der Waals surface area (Å²) >= 11 is 0. The zero-order valence-corrected chi connectivity index (χ0v) is 21.8. The van der Waals surface area contributed by atoms with Crippen LogP contribution < -0.4 is 5.73 Å². The van der Waals surface area contributed by atoms with Gasteiger partial charge in [-0.2, -0.15) is 0 Å². The van der Waals surface area contributed by atoms with Gasteiger partial charge < -0.3 is 26.2 Å². The fourth-order valence-corrected chi connectivity index (χ4v) is 6.13. The van der Waals surface area contributed by atoms with E-state index in [0.29, 0.717) is 11.1 Å². The number of likely N-dealkylation sites (N-methyl/N-ethyl adjacent to an activating group) is 1. The van der Waals surface area contributed by atoms with E-state index in [1.165, 1.54) is 11.0 Å². The van der Waals surface area contributed by atoms with E-state index in [4.69, 9.17) is 5.73 Å². The highest BCUT2D eigenvalue weighted by Gasteiger charge is 2.64. The molecule has 3 aliphatic carbocycles. The first-order valence-corrected chi connectivity index (χ1v) is 15.1. The molecule has 0 aromatic heterocycles. The highest BCUT2D eigenvalue weighted by atomic mass is 28.3. The average Bonchev–Trinajstić information content (AvgIpc) is 2.74. The van der Waals surface area contributed by atoms with Gasteiger partial charge in [-0.25, -0.2) is 0 Å². The molecule has 0 aliphatic heterocycles. The van der Waals surface area contributed by atoms with E-state index in [1.807, 2.05) is 0 Å². The van der Waals surface area contributed by atoms with Crippen LogP contribution >= 0.6 is 0 Å². The molecule has 3 aliphatic rings. The Hall–Kier alpha value is -3.39. The first-order valence-electron chi connectivity index (χ1n) is 11.6. The van der Waals surface area contributed by atoms with Crippen molar-refractivity contribution in [3.63, 3.8) is 0 Å². The van der Waals surface area contributed by atoms with E-state index < -0.39 is 66.1 Å². The zero-order valence-electron chi connectivity index (χ0n) is 20.8. The monoisotopic (exact) mass is 510 g/mol. The number of fused-ring (bicyclic) bond motifs is 3.